The number of ether oxygens (including phenoxy) is 1. The number of piperazine rings is 1. The van der Waals surface area contributed by atoms with E-state index < -0.39 is 11.7 Å². The minimum atomic E-state index is -0.578. The summed E-state index contributed by atoms with van der Waals surface area (Å²) in [5.74, 6) is 0.365. The monoisotopic (exact) mass is 486 g/mol. The lowest BCUT2D eigenvalue weighted by molar-refractivity contribution is -0.128. The maximum absolute atomic E-state index is 13.4. The Balaban J connectivity index is 1.23. The molecule has 1 N–H and O–H groups in total. The maximum atomic E-state index is 13.4. The number of amides is 1. The molecule has 1 saturated carbocycles. The number of carbonyl (C=O) groups excluding carboxylic acids is 2. The Morgan fingerprint density at radius 2 is 1.89 bits per heavy atom. The number of aromatic nitrogens is 6. The van der Waals surface area contributed by atoms with Gasteiger partial charge in [-0.3, -0.25) is 19.5 Å². The van der Waals surface area contributed by atoms with Gasteiger partial charge >= 0.3 is 0 Å². The van der Waals surface area contributed by atoms with Crippen LogP contribution in [-0.2, 0) is 10.3 Å². The summed E-state index contributed by atoms with van der Waals surface area (Å²) in [6.07, 6.45) is 8.57. The number of pyridine rings is 2. The third kappa shape index (κ3) is 3.54. The van der Waals surface area contributed by atoms with Crippen LogP contribution in [0.1, 0.15) is 34.7 Å². The molecule has 11 nitrogen and oxygen atoms in total. The van der Waals surface area contributed by atoms with E-state index in [1.54, 1.807) is 24.3 Å². The highest BCUT2D eigenvalue weighted by molar-refractivity contribution is 6.45. The van der Waals surface area contributed by atoms with Crippen molar-refractivity contribution in [3.05, 3.63) is 60.2 Å². The van der Waals surface area contributed by atoms with Crippen LogP contribution in [0.3, 0.4) is 0 Å². The van der Waals surface area contributed by atoms with Crippen molar-refractivity contribution in [2.24, 2.45) is 0 Å². The Labute approximate surface area is 207 Å². The molecule has 2 aliphatic rings. The summed E-state index contributed by atoms with van der Waals surface area (Å²) in [6.45, 7) is 4.16. The Morgan fingerprint density at radius 3 is 2.53 bits per heavy atom. The van der Waals surface area contributed by atoms with E-state index in [4.69, 9.17) is 4.74 Å². The molecular weight excluding hydrogens is 460 g/mol. The first-order chi connectivity index (χ1) is 17.5. The molecule has 0 unspecified atom stereocenters. The summed E-state index contributed by atoms with van der Waals surface area (Å²) >= 11 is 0. The van der Waals surface area contributed by atoms with Gasteiger partial charge in [0.25, 0.3) is 11.7 Å². The van der Waals surface area contributed by atoms with Crippen molar-refractivity contribution in [2.45, 2.75) is 25.3 Å². The lowest BCUT2D eigenvalue weighted by Gasteiger charge is -2.39. The zero-order valence-corrected chi connectivity index (χ0v) is 20.1. The van der Waals surface area contributed by atoms with Crippen LogP contribution in [0.4, 0.5) is 0 Å². The van der Waals surface area contributed by atoms with Crippen LogP contribution >= 0.6 is 0 Å². The topological polar surface area (TPSA) is 122 Å². The molecule has 5 heterocycles. The number of aromatic amines is 1. The fourth-order valence-corrected chi connectivity index (χ4v) is 5.15. The number of Topliss-reactive ketones (excluding diaryl/α,β-unsaturated/α-hetero) is 1. The highest BCUT2D eigenvalue weighted by Crippen LogP contribution is 2.50. The highest BCUT2D eigenvalue weighted by Gasteiger charge is 2.51. The number of nitrogens with zero attached hydrogens (tertiary/aromatic N) is 7. The number of fused-ring (bicyclic) bond motifs is 1. The zero-order chi connectivity index (χ0) is 24.9. The van der Waals surface area contributed by atoms with Gasteiger partial charge in [-0.1, -0.05) is 6.07 Å². The average Bonchev–Trinajstić information content (AvgIpc) is 3.43. The van der Waals surface area contributed by atoms with Crippen LogP contribution in [-0.4, -0.2) is 84.5 Å². The fraction of sp³-hybridized carbons (Fsp3) is 0.360. The van der Waals surface area contributed by atoms with Crippen LogP contribution < -0.4 is 4.74 Å². The van der Waals surface area contributed by atoms with E-state index in [-0.39, 0.29) is 11.1 Å². The number of aryl methyl sites for hydroxylation is 1. The van der Waals surface area contributed by atoms with Gasteiger partial charge in [0.05, 0.1) is 41.0 Å². The zero-order valence-electron chi connectivity index (χ0n) is 20.1. The number of H-pyrrole nitrogens is 1. The van der Waals surface area contributed by atoms with Gasteiger partial charge in [0.2, 0.25) is 0 Å². The van der Waals surface area contributed by atoms with E-state index in [0.717, 1.165) is 18.5 Å². The fourth-order valence-electron chi connectivity index (χ4n) is 5.15. The van der Waals surface area contributed by atoms with Crippen molar-refractivity contribution >= 4 is 22.6 Å². The van der Waals surface area contributed by atoms with Crippen molar-refractivity contribution < 1.29 is 14.3 Å². The van der Waals surface area contributed by atoms with E-state index in [0.29, 0.717) is 54.5 Å². The van der Waals surface area contributed by atoms with Crippen molar-refractivity contribution in [2.75, 3.05) is 33.3 Å². The molecular formula is C25H26N8O3. The Hall–Kier alpha value is -4.12. The Kier molecular flexibility index (Phi) is 5.29. The normalized spacial score (nSPS) is 17.3. The standard InChI is InChI=1S/C25H26N8O3/c1-16-29-15-33(30-16)23-21-20(18(36-2)14-28-23)17(13-27-21)22(34)24(35)31-9-11-32(12-10-31)25(6-7-25)19-5-3-4-8-26-19/h3-5,8,13-15,27H,6-7,9-12H2,1-2H3. The first kappa shape index (κ1) is 22.4. The molecule has 36 heavy (non-hydrogen) atoms. The van der Waals surface area contributed by atoms with Crippen LogP contribution in [0.5, 0.6) is 5.75 Å². The van der Waals surface area contributed by atoms with E-state index in [1.807, 2.05) is 18.3 Å². The second kappa shape index (κ2) is 8.52. The van der Waals surface area contributed by atoms with Gasteiger partial charge in [-0.15, -0.1) is 0 Å². The minimum absolute atomic E-state index is 0.0340. The molecule has 0 bridgehead atoms. The summed E-state index contributed by atoms with van der Waals surface area (Å²) < 4.78 is 7.01. The Morgan fingerprint density at radius 1 is 1.08 bits per heavy atom. The van der Waals surface area contributed by atoms with Gasteiger partial charge in [-0.05, 0) is 31.9 Å². The molecule has 4 aromatic rings. The minimum Gasteiger partial charge on any atom is -0.494 e. The van der Waals surface area contributed by atoms with Crippen LogP contribution in [0.15, 0.2) is 43.1 Å². The maximum Gasteiger partial charge on any atom is 0.295 e. The molecule has 1 aliphatic carbocycles. The first-order valence-electron chi connectivity index (χ1n) is 11.9. The van der Waals surface area contributed by atoms with Crippen LogP contribution in [0, 0.1) is 6.92 Å². The second-order valence-corrected chi connectivity index (χ2v) is 9.19. The van der Waals surface area contributed by atoms with E-state index in [1.165, 1.54) is 18.0 Å². The number of ketones is 1. The molecule has 0 atom stereocenters. The second-order valence-electron chi connectivity index (χ2n) is 9.19. The summed E-state index contributed by atoms with van der Waals surface area (Å²) in [5.41, 5.74) is 1.85. The van der Waals surface area contributed by atoms with Crippen LogP contribution in [0.25, 0.3) is 16.7 Å². The summed E-state index contributed by atoms with van der Waals surface area (Å²) in [6, 6.07) is 6.01. The summed E-state index contributed by atoms with van der Waals surface area (Å²) in [5, 5.41) is 4.82. The largest absolute Gasteiger partial charge is 0.494 e. The number of rotatable bonds is 6. The summed E-state index contributed by atoms with van der Waals surface area (Å²) in [7, 11) is 1.51. The molecule has 6 rings (SSSR count). The average molecular weight is 487 g/mol. The predicted molar refractivity (Wildman–Crippen MR) is 130 cm³/mol. The number of nitrogens with one attached hydrogen (secondary N) is 1. The van der Waals surface area contributed by atoms with Gasteiger partial charge in [0, 0.05) is 38.6 Å². The quantitative estimate of drug-likeness (QED) is 0.324. The lowest BCUT2D eigenvalue weighted by Crippen LogP contribution is -2.53. The third-order valence-electron chi connectivity index (χ3n) is 7.17. The Bertz CT molecular complexity index is 1450. The molecule has 184 valence electrons. The first-order valence-corrected chi connectivity index (χ1v) is 11.9. The van der Waals surface area contributed by atoms with Crippen molar-refractivity contribution in [1.29, 1.82) is 0 Å². The van der Waals surface area contributed by atoms with Crippen molar-refractivity contribution in [1.82, 2.24) is 39.5 Å². The van der Waals surface area contributed by atoms with Crippen LogP contribution in [0.2, 0.25) is 0 Å². The van der Waals surface area contributed by atoms with Gasteiger partial charge in [-0.25, -0.2) is 14.6 Å². The van der Waals surface area contributed by atoms with Gasteiger partial charge in [0.1, 0.15) is 17.9 Å². The summed E-state index contributed by atoms with van der Waals surface area (Å²) in [4.78, 5) is 47.0. The SMILES string of the molecule is COc1cnc(-n2cnc(C)n2)c2[nH]cc(C(=O)C(=O)N3CCN(C4(c5ccccn5)CC4)CC3)c12. The third-order valence-corrected chi connectivity index (χ3v) is 7.17. The number of hydrogen-bond donors (Lipinski definition) is 1. The van der Waals surface area contributed by atoms with Crippen molar-refractivity contribution in [3.8, 4) is 11.6 Å². The number of hydrogen-bond acceptors (Lipinski definition) is 8. The number of carbonyl (C=O) groups is 2. The molecule has 0 radical (unpaired) electrons. The van der Waals surface area contributed by atoms with Gasteiger partial charge in [-0.2, -0.15) is 5.10 Å². The smallest absolute Gasteiger partial charge is 0.295 e. The van der Waals surface area contributed by atoms with E-state index in [9.17, 15) is 9.59 Å². The highest BCUT2D eigenvalue weighted by atomic mass is 16.5. The molecule has 4 aromatic heterocycles. The molecule has 1 saturated heterocycles. The number of methoxy groups -OCH3 is 1. The van der Waals surface area contributed by atoms with Crippen molar-refractivity contribution in [3.63, 3.8) is 0 Å². The van der Waals surface area contributed by atoms with Gasteiger partial charge in [0.15, 0.2) is 5.82 Å². The van der Waals surface area contributed by atoms with E-state index in [2.05, 4.69) is 36.0 Å². The molecule has 1 aliphatic heterocycles. The molecule has 1 amide bonds. The lowest BCUT2D eigenvalue weighted by atomic mass is 10.1. The molecule has 2 fully saturated rings. The molecule has 0 aromatic carbocycles. The van der Waals surface area contributed by atoms with Gasteiger partial charge < -0.3 is 14.6 Å². The van der Waals surface area contributed by atoms with E-state index >= 15 is 0 Å². The molecule has 0 spiro atoms. The molecule has 11 heteroatoms. The predicted octanol–water partition coefficient (Wildman–Crippen LogP) is 1.87.